The molecule has 5 heteroatoms. The van der Waals surface area contributed by atoms with Gasteiger partial charge in [0, 0.05) is 25.3 Å². The summed E-state index contributed by atoms with van der Waals surface area (Å²) in [6.45, 7) is 8.48. The zero-order chi connectivity index (χ0) is 16.5. The molecule has 5 nitrogen and oxygen atoms in total. The van der Waals surface area contributed by atoms with Gasteiger partial charge in [-0.05, 0) is 44.7 Å². The predicted molar refractivity (Wildman–Crippen MR) is 93.9 cm³/mol. The van der Waals surface area contributed by atoms with E-state index in [0.717, 1.165) is 24.4 Å². The number of aliphatic imine (C=N–C) groups is 1. The molecule has 128 valence electrons. The summed E-state index contributed by atoms with van der Waals surface area (Å²) >= 11 is 0. The normalized spacial score (nSPS) is 15.7. The lowest BCUT2D eigenvalue weighted by Gasteiger charge is -2.27. The smallest absolute Gasteiger partial charge is 0.191 e. The SMILES string of the molecule is CCOCCOc1cc(C)ccc1CN=C(N)N1CCCCC1. The first-order valence-electron chi connectivity index (χ1n) is 8.55. The molecular weight excluding hydrogens is 290 g/mol. The van der Waals surface area contributed by atoms with E-state index in [-0.39, 0.29) is 0 Å². The number of rotatable bonds is 7. The zero-order valence-electron chi connectivity index (χ0n) is 14.4. The van der Waals surface area contributed by atoms with Crippen molar-refractivity contribution in [3.05, 3.63) is 29.3 Å². The summed E-state index contributed by atoms with van der Waals surface area (Å²) < 4.78 is 11.2. The van der Waals surface area contributed by atoms with Crippen LogP contribution in [0.2, 0.25) is 0 Å². The Balaban J connectivity index is 1.97. The van der Waals surface area contributed by atoms with Crippen LogP contribution in [0.3, 0.4) is 0 Å². The standard InChI is InChI=1S/C18H29N3O2/c1-3-22-11-12-23-17-13-15(2)7-8-16(17)14-20-18(19)21-9-5-4-6-10-21/h7-8,13H,3-6,9-12,14H2,1-2H3,(H2,19,20). The van der Waals surface area contributed by atoms with Gasteiger partial charge in [-0.25, -0.2) is 4.99 Å². The fraction of sp³-hybridized carbons (Fsp3) is 0.611. The molecule has 1 saturated heterocycles. The van der Waals surface area contributed by atoms with E-state index in [1.165, 1.54) is 24.8 Å². The Labute approximate surface area is 139 Å². The van der Waals surface area contributed by atoms with Gasteiger partial charge in [0.05, 0.1) is 13.2 Å². The van der Waals surface area contributed by atoms with Crippen molar-refractivity contribution in [3.63, 3.8) is 0 Å². The van der Waals surface area contributed by atoms with E-state index in [1.54, 1.807) is 0 Å². The molecule has 23 heavy (non-hydrogen) atoms. The molecule has 0 aliphatic carbocycles. The van der Waals surface area contributed by atoms with Gasteiger partial charge in [-0.3, -0.25) is 0 Å². The number of likely N-dealkylation sites (tertiary alicyclic amines) is 1. The molecule has 0 saturated carbocycles. The molecule has 1 aromatic carbocycles. The van der Waals surface area contributed by atoms with Gasteiger partial charge in [-0.1, -0.05) is 12.1 Å². The van der Waals surface area contributed by atoms with Crippen LogP contribution in [0, 0.1) is 6.92 Å². The van der Waals surface area contributed by atoms with E-state index in [1.807, 2.05) is 13.0 Å². The van der Waals surface area contributed by atoms with Crippen LogP contribution in [0.1, 0.15) is 37.3 Å². The van der Waals surface area contributed by atoms with Crippen LogP contribution >= 0.6 is 0 Å². The second-order valence-electron chi connectivity index (χ2n) is 5.88. The molecule has 1 aromatic rings. The van der Waals surface area contributed by atoms with Crippen LogP contribution in [0.4, 0.5) is 0 Å². The summed E-state index contributed by atoms with van der Waals surface area (Å²) in [4.78, 5) is 6.74. The number of hydrogen-bond donors (Lipinski definition) is 1. The first kappa shape index (κ1) is 17.6. The molecule has 1 heterocycles. The fourth-order valence-corrected chi connectivity index (χ4v) is 2.67. The molecule has 2 N–H and O–H groups in total. The van der Waals surface area contributed by atoms with Crippen molar-refractivity contribution >= 4 is 5.96 Å². The van der Waals surface area contributed by atoms with Crippen molar-refractivity contribution in [3.8, 4) is 5.75 Å². The van der Waals surface area contributed by atoms with Crippen molar-refractivity contribution in [2.75, 3.05) is 32.9 Å². The van der Waals surface area contributed by atoms with E-state index < -0.39 is 0 Å². The fourth-order valence-electron chi connectivity index (χ4n) is 2.67. The predicted octanol–water partition coefficient (Wildman–Crippen LogP) is 2.71. The van der Waals surface area contributed by atoms with Crippen molar-refractivity contribution in [1.29, 1.82) is 0 Å². The Kier molecular flexibility index (Phi) is 7.20. The second kappa shape index (κ2) is 9.40. The monoisotopic (exact) mass is 319 g/mol. The maximum Gasteiger partial charge on any atom is 0.191 e. The van der Waals surface area contributed by atoms with E-state index in [2.05, 4.69) is 28.9 Å². The quantitative estimate of drug-likeness (QED) is 0.477. The molecule has 0 unspecified atom stereocenters. The Morgan fingerprint density at radius 1 is 1.22 bits per heavy atom. The molecule has 1 fully saturated rings. The highest BCUT2D eigenvalue weighted by atomic mass is 16.5. The van der Waals surface area contributed by atoms with Gasteiger partial charge in [0.2, 0.25) is 0 Å². The molecule has 0 atom stereocenters. The summed E-state index contributed by atoms with van der Waals surface area (Å²) in [5.74, 6) is 1.52. The van der Waals surface area contributed by atoms with Crippen LogP contribution < -0.4 is 10.5 Å². The number of aryl methyl sites for hydroxylation is 1. The lowest BCUT2D eigenvalue weighted by molar-refractivity contribution is 0.110. The number of ether oxygens (including phenoxy) is 2. The van der Waals surface area contributed by atoms with E-state index in [0.29, 0.717) is 32.3 Å². The number of piperidine rings is 1. The third-order valence-corrected chi connectivity index (χ3v) is 4.00. The summed E-state index contributed by atoms with van der Waals surface area (Å²) in [6, 6.07) is 6.20. The molecule has 1 aliphatic rings. The van der Waals surface area contributed by atoms with Crippen LogP contribution in [0.15, 0.2) is 23.2 Å². The number of nitrogens with zero attached hydrogens (tertiary/aromatic N) is 2. The minimum Gasteiger partial charge on any atom is -0.491 e. The van der Waals surface area contributed by atoms with Gasteiger partial charge in [0.15, 0.2) is 5.96 Å². The minimum absolute atomic E-state index is 0.548. The highest BCUT2D eigenvalue weighted by Crippen LogP contribution is 2.21. The average Bonchev–Trinajstić information content (AvgIpc) is 2.58. The Morgan fingerprint density at radius 3 is 2.74 bits per heavy atom. The Hall–Kier alpha value is -1.75. The van der Waals surface area contributed by atoms with Gasteiger partial charge < -0.3 is 20.1 Å². The zero-order valence-corrected chi connectivity index (χ0v) is 14.4. The number of nitrogens with two attached hydrogens (primary N) is 1. The van der Waals surface area contributed by atoms with Crippen molar-refractivity contribution in [2.24, 2.45) is 10.7 Å². The van der Waals surface area contributed by atoms with Crippen LogP contribution in [-0.4, -0.2) is 43.8 Å². The maximum atomic E-state index is 6.13. The van der Waals surface area contributed by atoms with Crippen molar-refractivity contribution in [2.45, 2.75) is 39.7 Å². The molecule has 0 spiro atoms. The third kappa shape index (κ3) is 5.75. The van der Waals surface area contributed by atoms with Gasteiger partial charge in [0.25, 0.3) is 0 Å². The molecule has 2 rings (SSSR count). The van der Waals surface area contributed by atoms with E-state index >= 15 is 0 Å². The van der Waals surface area contributed by atoms with Gasteiger partial charge in [-0.2, -0.15) is 0 Å². The summed E-state index contributed by atoms with van der Waals surface area (Å²) in [7, 11) is 0. The molecule has 0 bridgehead atoms. The maximum absolute atomic E-state index is 6.13. The van der Waals surface area contributed by atoms with Crippen LogP contribution in [0.25, 0.3) is 0 Å². The summed E-state index contributed by atoms with van der Waals surface area (Å²) in [5, 5.41) is 0. The molecule has 1 aliphatic heterocycles. The largest absolute Gasteiger partial charge is 0.491 e. The molecule has 0 aromatic heterocycles. The minimum atomic E-state index is 0.548. The van der Waals surface area contributed by atoms with Gasteiger partial charge >= 0.3 is 0 Å². The molecule has 0 radical (unpaired) electrons. The Bertz CT molecular complexity index is 511. The Morgan fingerprint density at radius 2 is 2.00 bits per heavy atom. The average molecular weight is 319 g/mol. The summed E-state index contributed by atoms with van der Waals surface area (Å²) in [6.07, 6.45) is 3.69. The second-order valence-corrected chi connectivity index (χ2v) is 5.88. The highest BCUT2D eigenvalue weighted by molar-refractivity contribution is 5.78. The first-order chi connectivity index (χ1) is 11.2. The van der Waals surface area contributed by atoms with Gasteiger partial charge in [-0.15, -0.1) is 0 Å². The van der Waals surface area contributed by atoms with E-state index in [4.69, 9.17) is 15.2 Å². The lowest BCUT2D eigenvalue weighted by Crippen LogP contribution is -2.40. The van der Waals surface area contributed by atoms with Crippen molar-refractivity contribution < 1.29 is 9.47 Å². The molecule has 0 amide bonds. The topological polar surface area (TPSA) is 60.1 Å². The van der Waals surface area contributed by atoms with Gasteiger partial charge in [0.1, 0.15) is 12.4 Å². The summed E-state index contributed by atoms with van der Waals surface area (Å²) in [5.41, 5.74) is 8.37. The number of hydrogen-bond acceptors (Lipinski definition) is 3. The van der Waals surface area contributed by atoms with E-state index in [9.17, 15) is 0 Å². The highest BCUT2D eigenvalue weighted by Gasteiger charge is 2.12. The number of guanidine groups is 1. The number of benzene rings is 1. The van der Waals surface area contributed by atoms with Crippen LogP contribution in [0.5, 0.6) is 5.75 Å². The van der Waals surface area contributed by atoms with Crippen LogP contribution in [-0.2, 0) is 11.3 Å². The third-order valence-electron chi connectivity index (χ3n) is 4.00. The lowest BCUT2D eigenvalue weighted by atomic mass is 10.1. The van der Waals surface area contributed by atoms with Crippen molar-refractivity contribution in [1.82, 2.24) is 4.90 Å². The first-order valence-corrected chi connectivity index (χ1v) is 8.55. The molecular formula is C18H29N3O2.